The standard InChI is InChI=1S/C25H27NO3/c1-17-11-13-20(14-12-17)8-6-9-21(27)15-22(28)16-24-19(3)29-25(26-24)23-10-5-4-7-18(23)2/h4-5,7,10-14H,6,8-9,15-16H2,1-3H3. The van der Waals surface area contributed by atoms with Crippen molar-refractivity contribution >= 4 is 11.6 Å². The molecule has 150 valence electrons. The van der Waals surface area contributed by atoms with E-state index in [-0.39, 0.29) is 24.4 Å². The molecular weight excluding hydrogens is 362 g/mol. The van der Waals surface area contributed by atoms with Crippen LogP contribution in [0.15, 0.2) is 52.9 Å². The van der Waals surface area contributed by atoms with Crippen molar-refractivity contribution in [2.45, 2.75) is 52.9 Å². The maximum atomic E-state index is 12.4. The van der Waals surface area contributed by atoms with Gasteiger partial charge >= 0.3 is 0 Å². The summed E-state index contributed by atoms with van der Waals surface area (Å²) in [5.41, 5.74) is 5.04. The Labute approximate surface area is 172 Å². The van der Waals surface area contributed by atoms with Crippen molar-refractivity contribution in [3.05, 3.63) is 76.7 Å². The third kappa shape index (κ3) is 5.74. The first-order valence-corrected chi connectivity index (χ1v) is 10.0. The lowest BCUT2D eigenvalue weighted by molar-refractivity contribution is -0.126. The third-order valence-electron chi connectivity index (χ3n) is 5.07. The number of aryl methyl sites for hydroxylation is 4. The molecule has 0 aliphatic carbocycles. The molecule has 0 saturated carbocycles. The SMILES string of the molecule is Cc1ccc(CCCC(=O)CC(=O)Cc2nc(-c3ccccc3C)oc2C)cc1. The first-order chi connectivity index (χ1) is 13.9. The second-order valence-electron chi connectivity index (χ2n) is 7.61. The van der Waals surface area contributed by atoms with E-state index >= 15 is 0 Å². The van der Waals surface area contributed by atoms with E-state index in [4.69, 9.17) is 4.42 Å². The van der Waals surface area contributed by atoms with Crippen LogP contribution in [0.5, 0.6) is 0 Å². The Balaban J connectivity index is 1.50. The highest BCUT2D eigenvalue weighted by atomic mass is 16.4. The van der Waals surface area contributed by atoms with Gasteiger partial charge in [-0.15, -0.1) is 0 Å². The number of hydrogen-bond donors (Lipinski definition) is 0. The summed E-state index contributed by atoms with van der Waals surface area (Å²) in [5.74, 6) is 1.02. The minimum Gasteiger partial charge on any atom is -0.441 e. The Morgan fingerprint density at radius 1 is 0.931 bits per heavy atom. The molecule has 0 aliphatic rings. The van der Waals surface area contributed by atoms with Gasteiger partial charge in [0, 0.05) is 12.0 Å². The number of Topliss-reactive ketones (excluding diaryl/α,β-unsaturated/α-hetero) is 2. The van der Waals surface area contributed by atoms with Crippen LogP contribution < -0.4 is 0 Å². The molecule has 0 fully saturated rings. The van der Waals surface area contributed by atoms with Crippen molar-refractivity contribution in [3.8, 4) is 11.5 Å². The predicted molar refractivity (Wildman–Crippen MR) is 114 cm³/mol. The van der Waals surface area contributed by atoms with Crippen LogP contribution in [0.2, 0.25) is 0 Å². The first kappa shape index (κ1) is 20.7. The summed E-state index contributed by atoms with van der Waals surface area (Å²) >= 11 is 0. The first-order valence-electron chi connectivity index (χ1n) is 10.0. The van der Waals surface area contributed by atoms with Gasteiger partial charge in [-0.3, -0.25) is 9.59 Å². The van der Waals surface area contributed by atoms with Crippen LogP contribution in [-0.4, -0.2) is 16.6 Å². The molecule has 1 aromatic heterocycles. The van der Waals surface area contributed by atoms with E-state index in [0.717, 1.165) is 24.0 Å². The monoisotopic (exact) mass is 389 g/mol. The molecule has 0 saturated heterocycles. The van der Waals surface area contributed by atoms with Gasteiger partial charge in [0.2, 0.25) is 5.89 Å². The molecule has 3 rings (SSSR count). The second-order valence-corrected chi connectivity index (χ2v) is 7.61. The van der Waals surface area contributed by atoms with Crippen LogP contribution in [0, 0.1) is 20.8 Å². The van der Waals surface area contributed by atoms with Crippen LogP contribution in [0.4, 0.5) is 0 Å². The van der Waals surface area contributed by atoms with Crippen molar-refractivity contribution in [1.29, 1.82) is 0 Å². The lowest BCUT2D eigenvalue weighted by Gasteiger charge is -2.02. The maximum Gasteiger partial charge on any atom is 0.226 e. The molecule has 0 N–H and O–H groups in total. The number of ketones is 2. The minimum absolute atomic E-state index is 0.0117. The fraction of sp³-hybridized carbons (Fsp3) is 0.320. The van der Waals surface area contributed by atoms with Gasteiger partial charge in [-0.1, -0.05) is 48.0 Å². The van der Waals surface area contributed by atoms with Gasteiger partial charge in [-0.05, 0) is 50.8 Å². The number of aromatic nitrogens is 1. The summed E-state index contributed by atoms with van der Waals surface area (Å²) in [6.45, 7) is 5.86. The number of carbonyl (C=O) groups is 2. The van der Waals surface area contributed by atoms with Crippen molar-refractivity contribution in [3.63, 3.8) is 0 Å². The summed E-state index contributed by atoms with van der Waals surface area (Å²) in [6, 6.07) is 16.2. The summed E-state index contributed by atoms with van der Waals surface area (Å²) in [6.07, 6.45) is 2.12. The van der Waals surface area contributed by atoms with Crippen LogP contribution in [-0.2, 0) is 22.4 Å². The van der Waals surface area contributed by atoms with Crippen molar-refractivity contribution in [2.24, 2.45) is 0 Å². The molecular formula is C25H27NO3. The normalized spacial score (nSPS) is 10.9. The number of nitrogens with zero attached hydrogens (tertiary/aromatic N) is 1. The van der Waals surface area contributed by atoms with Crippen LogP contribution in [0.3, 0.4) is 0 Å². The number of benzene rings is 2. The Morgan fingerprint density at radius 3 is 2.38 bits per heavy atom. The molecule has 0 amide bonds. The molecule has 0 unspecified atom stereocenters. The van der Waals surface area contributed by atoms with Gasteiger partial charge in [0.1, 0.15) is 17.3 Å². The highest BCUT2D eigenvalue weighted by Gasteiger charge is 2.17. The Bertz CT molecular complexity index is 999. The number of rotatable bonds is 9. The van der Waals surface area contributed by atoms with E-state index in [9.17, 15) is 9.59 Å². The minimum atomic E-state index is -0.113. The van der Waals surface area contributed by atoms with Crippen LogP contribution in [0.1, 0.15) is 47.4 Å². The quantitative estimate of drug-likeness (QED) is 0.462. The lowest BCUT2D eigenvalue weighted by Crippen LogP contribution is -2.11. The molecule has 0 bridgehead atoms. The Morgan fingerprint density at radius 2 is 1.66 bits per heavy atom. The maximum absolute atomic E-state index is 12.4. The number of carbonyl (C=O) groups excluding carboxylic acids is 2. The molecule has 4 heteroatoms. The average molecular weight is 389 g/mol. The zero-order valence-corrected chi connectivity index (χ0v) is 17.3. The molecule has 1 heterocycles. The highest BCUT2D eigenvalue weighted by Crippen LogP contribution is 2.25. The zero-order valence-electron chi connectivity index (χ0n) is 17.3. The topological polar surface area (TPSA) is 60.2 Å². The van der Waals surface area contributed by atoms with E-state index in [2.05, 4.69) is 36.2 Å². The van der Waals surface area contributed by atoms with E-state index in [1.807, 2.05) is 31.2 Å². The van der Waals surface area contributed by atoms with Gasteiger partial charge in [0.25, 0.3) is 0 Å². The molecule has 0 atom stereocenters. The summed E-state index contributed by atoms with van der Waals surface area (Å²) in [5, 5.41) is 0. The summed E-state index contributed by atoms with van der Waals surface area (Å²) in [7, 11) is 0. The van der Waals surface area contributed by atoms with E-state index < -0.39 is 0 Å². The van der Waals surface area contributed by atoms with Crippen LogP contribution in [0.25, 0.3) is 11.5 Å². The van der Waals surface area contributed by atoms with E-state index in [1.54, 1.807) is 6.92 Å². The lowest BCUT2D eigenvalue weighted by atomic mass is 10.0. The number of oxazole rings is 1. The largest absolute Gasteiger partial charge is 0.441 e. The van der Waals surface area contributed by atoms with Gasteiger partial charge in [0.15, 0.2) is 0 Å². The molecule has 0 aliphatic heterocycles. The average Bonchev–Trinajstić information content (AvgIpc) is 3.03. The van der Waals surface area contributed by atoms with Gasteiger partial charge in [-0.25, -0.2) is 4.98 Å². The fourth-order valence-corrected chi connectivity index (χ4v) is 3.32. The molecule has 0 spiro atoms. The fourth-order valence-electron chi connectivity index (χ4n) is 3.32. The number of hydrogen-bond acceptors (Lipinski definition) is 4. The summed E-state index contributed by atoms with van der Waals surface area (Å²) < 4.78 is 5.76. The van der Waals surface area contributed by atoms with E-state index in [0.29, 0.717) is 23.8 Å². The second kappa shape index (κ2) is 9.46. The zero-order chi connectivity index (χ0) is 20.8. The van der Waals surface area contributed by atoms with Gasteiger partial charge in [-0.2, -0.15) is 0 Å². The third-order valence-corrected chi connectivity index (χ3v) is 5.07. The molecule has 3 aromatic rings. The Hall–Kier alpha value is -3.01. The van der Waals surface area contributed by atoms with Crippen molar-refractivity contribution < 1.29 is 14.0 Å². The van der Waals surface area contributed by atoms with Gasteiger partial charge < -0.3 is 4.42 Å². The predicted octanol–water partition coefficient (Wildman–Crippen LogP) is 5.36. The van der Waals surface area contributed by atoms with Crippen molar-refractivity contribution in [2.75, 3.05) is 0 Å². The molecule has 4 nitrogen and oxygen atoms in total. The summed E-state index contributed by atoms with van der Waals surface area (Å²) in [4.78, 5) is 29.0. The molecule has 29 heavy (non-hydrogen) atoms. The smallest absolute Gasteiger partial charge is 0.226 e. The Kier molecular flexibility index (Phi) is 6.76. The van der Waals surface area contributed by atoms with E-state index in [1.165, 1.54) is 11.1 Å². The van der Waals surface area contributed by atoms with Crippen LogP contribution >= 0.6 is 0 Å². The molecule has 0 radical (unpaired) electrons. The van der Waals surface area contributed by atoms with Gasteiger partial charge in [0.05, 0.1) is 18.5 Å². The highest BCUT2D eigenvalue weighted by molar-refractivity contribution is 5.99. The molecule has 2 aromatic carbocycles. The van der Waals surface area contributed by atoms with Crippen molar-refractivity contribution in [1.82, 2.24) is 4.98 Å².